The third kappa shape index (κ3) is 3.76. The number of rotatable bonds is 3. The summed E-state index contributed by atoms with van der Waals surface area (Å²) in [5.41, 5.74) is 0.314. The normalized spacial score (nSPS) is 24.0. The Hall–Kier alpha value is -1.51. The van der Waals surface area contributed by atoms with Crippen LogP contribution in [0.5, 0.6) is 0 Å². The maximum atomic E-state index is 12.5. The number of pyridine rings is 1. The minimum Gasteiger partial charge on any atom is -0.380 e. The van der Waals surface area contributed by atoms with Crippen LogP contribution in [-0.2, 0) is 14.8 Å². The summed E-state index contributed by atoms with van der Waals surface area (Å²) in [5.74, 6) is -0.0647. The molecule has 2 aliphatic heterocycles. The van der Waals surface area contributed by atoms with E-state index in [1.165, 1.54) is 6.26 Å². The zero-order valence-corrected chi connectivity index (χ0v) is 14.6. The van der Waals surface area contributed by atoms with E-state index in [1.54, 1.807) is 29.3 Å². The number of hydrogen-bond acceptors (Lipinski definition) is 5. The monoisotopic (exact) mass is 353 g/mol. The summed E-state index contributed by atoms with van der Waals surface area (Å²) in [4.78, 5) is 18.4. The van der Waals surface area contributed by atoms with Gasteiger partial charge in [-0.15, -0.1) is 0 Å². The predicted octanol–water partition coefficient (Wildman–Crippen LogP) is 0.642. The number of nitrogens with zero attached hydrogens (tertiary/aromatic N) is 2. The number of piperidine rings is 1. The third-order valence-electron chi connectivity index (χ3n) is 5.05. The molecule has 0 bridgehead atoms. The molecule has 7 nitrogen and oxygen atoms in total. The summed E-state index contributed by atoms with van der Waals surface area (Å²) in [5, 5.41) is 0. The zero-order valence-electron chi connectivity index (χ0n) is 13.8. The Morgan fingerprint density at radius 1 is 1.33 bits per heavy atom. The van der Waals surface area contributed by atoms with Crippen LogP contribution in [0.1, 0.15) is 29.8 Å². The van der Waals surface area contributed by atoms with Crippen LogP contribution in [0, 0.1) is 5.41 Å². The van der Waals surface area contributed by atoms with Gasteiger partial charge in [0.2, 0.25) is 10.0 Å². The van der Waals surface area contributed by atoms with Crippen LogP contribution >= 0.6 is 0 Å². The van der Waals surface area contributed by atoms with Crippen molar-refractivity contribution in [2.75, 3.05) is 32.6 Å². The van der Waals surface area contributed by atoms with Crippen LogP contribution in [0.3, 0.4) is 0 Å². The van der Waals surface area contributed by atoms with Crippen molar-refractivity contribution in [1.29, 1.82) is 0 Å². The molecule has 0 saturated carbocycles. The number of amides is 1. The molecule has 3 rings (SSSR count). The van der Waals surface area contributed by atoms with Gasteiger partial charge in [0.25, 0.3) is 5.91 Å². The van der Waals surface area contributed by atoms with Crippen molar-refractivity contribution in [3.05, 3.63) is 30.1 Å². The van der Waals surface area contributed by atoms with Gasteiger partial charge in [0.05, 0.1) is 18.9 Å². The molecular weight excluding hydrogens is 330 g/mol. The topological polar surface area (TPSA) is 88.6 Å². The fourth-order valence-electron chi connectivity index (χ4n) is 3.65. The lowest BCUT2D eigenvalue weighted by Crippen LogP contribution is -2.57. The molecule has 2 aliphatic rings. The lowest BCUT2D eigenvalue weighted by molar-refractivity contribution is -0.0401. The first-order valence-corrected chi connectivity index (χ1v) is 10.0. The van der Waals surface area contributed by atoms with Crippen molar-refractivity contribution in [1.82, 2.24) is 14.6 Å². The second kappa shape index (κ2) is 6.78. The highest BCUT2D eigenvalue weighted by atomic mass is 32.2. The van der Waals surface area contributed by atoms with Crippen LogP contribution in [0.2, 0.25) is 0 Å². The van der Waals surface area contributed by atoms with Gasteiger partial charge in [0.15, 0.2) is 0 Å². The first kappa shape index (κ1) is 17.3. The molecule has 1 aromatic rings. The summed E-state index contributed by atoms with van der Waals surface area (Å²) < 4.78 is 31.5. The SMILES string of the molecule is CS(=O)(=O)NC1COCCC12CCN(C(=O)c1ccccn1)CC2. The van der Waals surface area contributed by atoms with Gasteiger partial charge in [0, 0.05) is 25.9 Å². The van der Waals surface area contributed by atoms with E-state index in [4.69, 9.17) is 4.74 Å². The third-order valence-corrected chi connectivity index (χ3v) is 5.77. The maximum Gasteiger partial charge on any atom is 0.272 e. The second-order valence-electron chi connectivity index (χ2n) is 6.64. The van der Waals surface area contributed by atoms with E-state index in [-0.39, 0.29) is 17.4 Å². The maximum absolute atomic E-state index is 12.5. The number of aromatic nitrogens is 1. The van der Waals surface area contributed by atoms with Gasteiger partial charge in [-0.2, -0.15) is 0 Å². The molecule has 3 heterocycles. The van der Waals surface area contributed by atoms with Crippen LogP contribution in [0.25, 0.3) is 0 Å². The number of nitrogens with one attached hydrogen (secondary N) is 1. The number of sulfonamides is 1. The second-order valence-corrected chi connectivity index (χ2v) is 8.42. The number of carbonyl (C=O) groups excluding carboxylic acids is 1. The average Bonchev–Trinajstić information content (AvgIpc) is 2.57. The molecule has 2 saturated heterocycles. The summed E-state index contributed by atoms with van der Waals surface area (Å²) in [6.45, 7) is 2.24. The highest BCUT2D eigenvalue weighted by Gasteiger charge is 2.45. The molecule has 2 fully saturated rings. The fraction of sp³-hybridized carbons (Fsp3) is 0.625. The van der Waals surface area contributed by atoms with E-state index in [9.17, 15) is 13.2 Å². The molecule has 1 N–H and O–H groups in total. The summed E-state index contributed by atoms with van der Waals surface area (Å²) >= 11 is 0. The van der Waals surface area contributed by atoms with Gasteiger partial charge < -0.3 is 9.64 Å². The lowest BCUT2D eigenvalue weighted by Gasteiger charge is -2.48. The molecule has 1 unspecified atom stereocenters. The van der Waals surface area contributed by atoms with Gasteiger partial charge in [0.1, 0.15) is 5.69 Å². The lowest BCUT2D eigenvalue weighted by atomic mass is 9.69. The van der Waals surface area contributed by atoms with Crippen LogP contribution < -0.4 is 4.72 Å². The first-order valence-electron chi connectivity index (χ1n) is 8.15. The molecule has 0 aromatic carbocycles. The van der Waals surface area contributed by atoms with Gasteiger partial charge in [-0.3, -0.25) is 9.78 Å². The highest BCUT2D eigenvalue weighted by molar-refractivity contribution is 7.88. The fourth-order valence-corrected chi connectivity index (χ4v) is 4.48. The van der Waals surface area contributed by atoms with E-state index < -0.39 is 10.0 Å². The number of likely N-dealkylation sites (tertiary alicyclic amines) is 1. The minimum absolute atomic E-state index is 0.0647. The van der Waals surface area contributed by atoms with Crippen molar-refractivity contribution in [2.45, 2.75) is 25.3 Å². The molecule has 0 radical (unpaired) electrons. The Bertz CT molecular complexity index is 685. The van der Waals surface area contributed by atoms with Crippen molar-refractivity contribution < 1.29 is 17.9 Å². The number of hydrogen-bond donors (Lipinski definition) is 1. The molecule has 132 valence electrons. The molecule has 24 heavy (non-hydrogen) atoms. The van der Waals surface area contributed by atoms with E-state index in [0.29, 0.717) is 32.0 Å². The molecule has 1 atom stereocenters. The average molecular weight is 353 g/mol. The van der Waals surface area contributed by atoms with E-state index in [1.807, 2.05) is 0 Å². The van der Waals surface area contributed by atoms with Gasteiger partial charge >= 0.3 is 0 Å². The summed E-state index contributed by atoms with van der Waals surface area (Å²) in [6.07, 6.45) is 5.13. The molecule has 1 spiro atoms. The van der Waals surface area contributed by atoms with Gasteiger partial charge in [-0.25, -0.2) is 13.1 Å². The number of carbonyl (C=O) groups is 1. The van der Waals surface area contributed by atoms with Gasteiger partial charge in [-0.05, 0) is 36.8 Å². The van der Waals surface area contributed by atoms with E-state index in [2.05, 4.69) is 9.71 Å². The largest absolute Gasteiger partial charge is 0.380 e. The Morgan fingerprint density at radius 2 is 2.08 bits per heavy atom. The molecule has 1 aromatic heterocycles. The Balaban J connectivity index is 1.69. The minimum atomic E-state index is -3.29. The molecule has 1 amide bonds. The summed E-state index contributed by atoms with van der Waals surface area (Å²) in [7, 11) is -3.29. The Morgan fingerprint density at radius 3 is 2.71 bits per heavy atom. The predicted molar refractivity (Wildman–Crippen MR) is 89.0 cm³/mol. The molecule has 0 aliphatic carbocycles. The van der Waals surface area contributed by atoms with Crippen molar-refractivity contribution >= 4 is 15.9 Å². The summed E-state index contributed by atoms with van der Waals surface area (Å²) in [6, 6.07) is 5.07. The van der Waals surface area contributed by atoms with Crippen molar-refractivity contribution in [2.24, 2.45) is 5.41 Å². The van der Waals surface area contributed by atoms with Crippen LogP contribution in [0.15, 0.2) is 24.4 Å². The smallest absolute Gasteiger partial charge is 0.272 e. The highest BCUT2D eigenvalue weighted by Crippen LogP contribution is 2.41. The molecule has 8 heteroatoms. The Kier molecular flexibility index (Phi) is 4.89. The first-order chi connectivity index (χ1) is 11.4. The quantitative estimate of drug-likeness (QED) is 0.862. The van der Waals surface area contributed by atoms with Crippen LogP contribution in [-0.4, -0.2) is 62.8 Å². The van der Waals surface area contributed by atoms with Gasteiger partial charge in [-0.1, -0.05) is 6.07 Å². The number of ether oxygens (including phenoxy) is 1. The van der Waals surface area contributed by atoms with Crippen LogP contribution in [0.4, 0.5) is 0 Å². The van der Waals surface area contributed by atoms with Crippen molar-refractivity contribution in [3.63, 3.8) is 0 Å². The van der Waals surface area contributed by atoms with E-state index in [0.717, 1.165) is 19.3 Å². The van der Waals surface area contributed by atoms with Crippen molar-refractivity contribution in [3.8, 4) is 0 Å². The standard InChI is InChI=1S/C16H23N3O4S/c1-24(21,22)18-14-12-23-11-7-16(14)5-9-19(10-6-16)15(20)13-4-2-3-8-17-13/h2-4,8,14,18H,5-7,9-12H2,1H3. The zero-order chi connectivity index (χ0) is 17.2. The van der Waals surface area contributed by atoms with E-state index >= 15 is 0 Å². The Labute approximate surface area is 142 Å². The molecular formula is C16H23N3O4S.